The lowest BCUT2D eigenvalue weighted by Crippen LogP contribution is -2.39. The van der Waals surface area contributed by atoms with E-state index in [4.69, 9.17) is 9.47 Å². The standard InChI is InChI=1S/C21H32N6O2/c1-5-28-17-11-10-16(13-18(17)29-6-2)15(3)24-21(22-4)23-14-20-26-25-19-9-7-8-12-27(19)20/h10-11,13,15H,5-9,12,14H2,1-4H3,(H2,22,23,24). The second-order valence-electron chi connectivity index (χ2n) is 7.01. The number of hydrogen-bond donors (Lipinski definition) is 2. The zero-order valence-electron chi connectivity index (χ0n) is 17.9. The quantitative estimate of drug-likeness (QED) is 0.524. The van der Waals surface area contributed by atoms with Gasteiger partial charge in [0.1, 0.15) is 5.82 Å². The van der Waals surface area contributed by atoms with Crippen LogP contribution >= 0.6 is 0 Å². The van der Waals surface area contributed by atoms with Crippen LogP contribution in [0.5, 0.6) is 11.5 Å². The van der Waals surface area contributed by atoms with Crippen molar-refractivity contribution >= 4 is 5.96 Å². The van der Waals surface area contributed by atoms with Gasteiger partial charge in [0.15, 0.2) is 23.3 Å². The molecular formula is C21H32N6O2. The van der Waals surface area contributed by atoms with E-state index >= 15 is 0 Å². The van der Waals surface area contributed by atoms with Crippen LogP contribution in [-0.2, 0) is 19.5 Å². The minimum atomic E-state index is 0.0448. The van der Waals surface area contributed by atoms with Crippen molar-refractivity contribution in [1.29, 1.82) is 0 Å². The Morgan fingerprint density at radius 2 is 1.97 bits per heavy atom. The molecular weight excluding hydrogens is 368 g/mol. The molecule has 2 aromatic rings. The van der Waals surface area contributed by atoms with Gasteiger partial charge in [-0.3, -0.25) is 4.99 Å². The van der Waals surface area contributed by atoms with Crippen molar-refractivity contribution in [2.45, 2.75) is 59.2 Å². The third-order valence-corrected chi connectivity index (χ3v) is 4.99. The van der Waals surface area contributed by atoms with Gasteiger partial charge in [0.05, 0.1) is 25.8 Å². The number of benzene rings is 1. The summed E-state index contributed by atoms with van der Waals surface area (Å²) < 4.78 is 13.6. The van der Waals surface area contributed by atoms with Gasteiger partial charge in [-0.15, -0.1) is 10.2 Å². The van der Waals surface area contributed by atoms with Crippen LogP contribution in [0.2, 0.25) is 0 Å². The first-order chi connectivity index (χ1) is 14.2. The van der Waals surface area contributed by atoms with Gasteiger partial charge in [0, 0.05) is 20.0 Å². The molecule has 0 radical (unpaired) electrons. The fourth-order valence-electron chi connectivity index (χ4n) is 3.48. The molecule has 3 rings (SSSR count). The molecule has 2 heterocycles. The van der Waals surface area contributed by atoms with Gasteiger partial charge < -0.3 is 24.7 Å². The Balaban J connectivity index is 1.63. The molecule has 0 fully saturated rings. The summed E-state index contributed by atoms with van der Waals surface area (Å²) in [7, 11) is 1.77. The summed E-state index contributed by atoms with van der Waals surface area (Å²) in [6, 6.07) is 6.07. The molecule has 29 heavy (non-hydrogen) atoms. The number of nitrogens with one attached hydrogen (secondary N) is 2. The molecule has 0 saturated heterocycles. The smallest absolute Gasteiger partial charge is 0.191 e. The highest BCUT2D eigenvalue weighted by atomic mass is 16.5. The number of ether oxygens (including phenoxy) is 2. The summed E-state index contributed by atoms with van der Waals surface area (Å²) in [5.41, 5.74) is 1.10. The molecule has 158 valence electrons. The second kappa shape index (κ2) is 10.1. The van der Waals surface area contributed by atoms with E-state index in [9.17, 15) is 0 Å². The summed E-state index contributed by atoms with van der Waals surface area (Å²) in [6.07, 6.45) is 3.39. The Hall–Kier alpha value is -2.77. The molecule has 1 unspecified atom stereocenters. The van der Waals surface area contributed by atoms with E-state index in [1.807, 2.05) is 32.0 Å². The number of fused-ring (bicyclic) bond motifs is 1. The van der Waals surface area contributed by atoms with E-state index in [1.54, 1.807) is 7.05 Å². The Morgan fingerprint density at radius 1 is 1.17 bits per heavy atom. The summed E-state index contributed by atoms with van der Waals surface area (Å²) >= 11 is 0. The van der Waals surface area contributed by atoms with Crippen LogP contribution in [0, 0.1) is 0 Å². The average molecular weight is 401 g/mol. The molecule has 0 spiro atoms. The van der Waals surface area contributed by atoms with Crippen molar-refractivity contribution in [3.8, 4) is 11.5 Å². The number of aromatic nitrogens is 3. The van der Waals surface area contributed by atoms with Crippen molar-refractivity contribution in [2.24, 2.45) is 4.99 Å². The van der Waals surface area contributed by atoms with Gasteiger partial charge in [0.25, 0.3) is 0 Å². The predicted octanol–water partition coefficient (Wildman–Crippen LogP) is 2.84. The van der Waals surface area contributed by atoms with Gasteiger partial charge in [-0.1, -0.05) is 6.07 Å². The largest absolute Gasteiger partial charge is 0.490 e. The Kier molecular flexibility index (Phi) is 7.32. The first-order valence-electron chi connectivity index (χ1n) is 10.4. The van der Waals surface area contributed by atoms with E-state index in [-0.39, 0.29) is 6.04 Å². The van der Waals surface area contributed by atoms with Crippen LogP contribution in [0.1, 0.15) is 56.9 Å². The molecule has 1 aromatic carbocycles. The molecule has 0 amide bonds. The minimum absolute atomic E-state index is 0.0448. The molecule has 1 aliphatic rings. The second-order valence-corrected chi connectivity index (χ2v) is 7.01. The Labute approximate surface area is 172 Å². The maximum atomic E-state index is 5.74. The first-order valence-corrected chi connectivity index (χ1v) is 10.4. The fraction of sp³-hybridized carbons (Fsp3) is 0.571. The van der Waals surface area contributed by atoms with Crippen LogP contribution in [-0.4, -0.2) is 41.0 Å². The van der Waals surface area contributed by atoms with Crippen LogP contribution in [0.25, 0.3) is 0 Å². The highest BCUT2D eigenvalue weighted by molar-refractivity contribution is 5.80. The molecule has 0 saturated carbocycles. The van der Waals surface area contributed by atoms with Gasteiger partial charge in [-0.25, -0.2) is 0 Å². The average Bonchev–Trinajstić information content (AvgIpc) is 3.15. The van der Waals surface area contributed by atoms with Crippen LogP contribution < -0.4 is 20.1 Å². The number of rotatable bonds is 8. The lowest BCUT2D eigenvalue weighted by atomic mass is 10.1. The van der Waals surface area contributed by atoms with Crippen LogP contribution in [0.4, 0.5) is 0 Å². The summed E-state index contributed by atoms with van der Waals surface area (Å²) in [6.45, 7) is 8.82. The topological polar surface area (TPSA) is 85.6 Å². The van der Waals surface area contributed by atoms with Crippen LogP contribution in [0.3, 0.4) is 0 Å². The molecule has 2 N–H and O–H groups in total. The summed E-state index contributed by atoms with van der Waals surface area (Å²) in [4.78, 5) is 4.35. The lowest BCUT2D eigenvalue weighted by molar-refractivity contribution is 0.287. The lowest BCUT2D eigenvalue weighted by Gasteiger charge is -2.20. The van der Waals surface area contributed by atoms with E-state index in [0.717, 1.165) is 47.6 Å². The van der Waals surface area contributed by atoms with Gasteiger partial charge in [0.2, 0.25) is 0 Å². The van der Waals surface area contributed by atoms with Crippen molar-refractivity contribution in [3.05, 3.63) is 35.4 Å². The van der Waals surface area contributed by atoms with Gasteiger partial charge in [-0.05, 0) is 51.3 Å². The van der Waals surface area contributed by atoms with Gasteiger partial charge in [-0.2, -0.15) is 0 Å². The molecule has 0 bridgehead atoms. The van der Waals surface area contributed by atoms with Gasteiger partial charge >= 0.3 is 0 Å². The molecule has 1 aromatic heterocycles. The predicted molar refractivity (Wildman–Crippen MR) is 113 cm³/mol. The highest BCUT2D eigenvalue weighted by Crippen LogP contribution is 2.30. The molecule has 8 heteroatoms. The number of nitrogens with zero attached hydrogens (tertiary/aromatic N) is 4. The van der Waals surface area contributed by atoms with E-state index < -0.39 is 0 Å². The van der Waals surface area contributed by atoms with Crippen molar-refractivity contribution < 1.29 is 9.47 Å². The normalized spacial score (nSPS) is 14.8. The zero-order chi connectivity index (χ0) is 20.6. The third-order valence-electron chi connectivity index (χ3n) is 4.99. The summed E-state index contributed by atoms with van der Waals surface area (Å²) in [5.74, 6) is 4.29. The van der Waals surface area contributed by atoms with Crippen molar-refractivity contribution in [3.63, 3.8) is 0 Å². The maximum Gasteiger partial charge on any atom is 0.191 e. The number of aryl methyl sites for hydroxylation is 1. The fourth-order valence-corrected chi connectivity index (χ4v) is 3.48. The van der Waals surface area contributed by atoms with E-state index in [0.29, 0.717) is 19.8 Å². The zero-order valence-corrected chi connectivity index (χ0v) is 17.9. The van der Waals surface area contributed by atoms with E-state index in [2.05, 4.69) is 37.3 Å². The minimum Gasteiger partial charge on any atom is -0.490 e. The Morgan fingerprint density at radius 3 is 2.72 bits per heavy atom. The molecule has 8 nitrogen and oxygen atoms in total. The van der Waals surface area contributed by atoms with Crippen LogP contribution in [0.15, 0.2) is 23.2 Å². The van der Waals surface area contributed by atoms with E-state index in [1.165, 1.54) is 12.8 Å². The highest BCUT2D eigenvalue weighted by Gasteiger charge is 2.17. The maximum absolute atomic E-state index is 5.74. The SMILES string of the molecule is CCOc1ccc(C(C)NC(=NC)NCc2nnc3n2CCCC3)cc1OCC. The number of aliphatic imine (C=N–C) groups is 1. The summed E-state index contributed by atoms with van der Waals surface area (Å²) in [5, 5.41) is 15.4. The third kappa shape index (κ3) is 5.19. The Bertz CT molecular complexity index is 833. The monoisotopic (exact) mass is 400 g/mol. The first kappa shape index (κ1) is 21.0. The molecule has 1 aliphatic heterocycles. The molecule has 0 aliphatic carbocycles. The van der Waals surface area contributed by atoms with Crippen molar-refractivity contribution in [1.82, 2.24) is 25.4 Å². The molecule has 1 atom stereocenters. The number of hydrogen-bond acceptors (Lipinski definition) is 5. The number of guanidine groups is 1. The van der Waals surface area contributed by atoms with Crippen molar-refractivity contribution in [2.75, 3.05) is 20.3 Å².